The maximum absolute atomic E-state index is 10.9. The van der Waals surface area contributed by atoms with E-state index in [1.54, 1.807) is 0 Å². The molecule has 0 heterocycles. The molecule has 0 rings (SSSR count). The van der Waals surface area contributed by atoms with Crippen LogP contribution in [0.1, 0.15) is 0 Å². The first kappa shape index (κ1) is 25.5. The quantitative estimate of drug-likeness (QED) is 0.235. The summed E-state index contributed by atoms with van der Waals surface area (Å²) in [5.41, 5.74) is -3.96. The van der Waals surface area contributed by atoms with Gasteiger partial charge in [-0.05, 0) is 10.5 Å². The van der Waals surface area contributed by atoms with Crippen LogP contribution in [-0.2, 0) is 29.1 Å². The van der Waals surface area contributed by atoms with Gasteiger partial charge in [-0.25, -0.2) is 0 Å². The van der Waals surface area contributed by atoms with Crippen LogP contribution < -0.4 is 0 Å². The third kappa shape index (κ3) is 17.1. The van der Waals surface area contributed by atoms with Crippen molar-refractivity contribution in [2.75, 3.05) is 0 Å². The number of rotatable bonds is 4. The predicted molar refractivity (Wildman–Crippen MR) is 31.9 cm³/mol. The SMILES string of the molecule is O=CN(F)N(F)F.O=CN(F)N(F)F.[K].[Ru]. The second-order valence-corrected chi connectivity index (χ2v) is 1.22. The van der Waals surface area contributed by atoms with Crippen LogP contribution in [0.25, 0.3) is 0 Å². The van der Waals surface area contributed by atoms with Crippen LogP contribution >= 0.6 is 0 Å². The number of carbonyl (C=O) groups excluding carboxylic acids is 2. The van der Waals surface area contributed by atoms with Gasteiger partial charge in [0.2, 0.25) is 0 Å². The van der Waals surface area contributed by atoms with E-state index in [2.05, 4.69) is 0 Å². The van der Waals surface area contributed by atoms with E-state index in [1.807, 2.05) is 0 Å². The summed E-state index contributed by atoms with van der Waals surface area (Å²) in [6.07, 6.45) is -1.33. The van der Waals surface area contributed by atoms with Crippen molar-refractivity contribution in [3.63, 3.8) is 0 Å². The van der Waals surface area contributed by atoms with Gasteiger partial charge >= 0.3 is 0 Å². The van der Waals surface area contributed by atoms with Gasteiger partial charge in [0.15, 0.2) is 10.9 Å². The van der Waals surface area contributed by atoms with Gasteiger partial charge in [0, 0.05) is 70.9 Å². The first-order valence-electron chi connectivity index (χ1n) is 2.40. The summed E-state index contributed by atoms with van der Waals surface area (Å²) < 4.78 is 64.1. The summed E-state index contributed by atoms with van der Waals surface area (Å²) in [4.78, 5) is 18.0. The van der Waals surface area contributed by atoms with Crippen molar-refractivity contribution >= 4 is 64.2 Å². The minimum absolute atomic E-state index is 0. The van der Waals surface area contributed by atoms with Crippen molar-refractivity contribution in [2.24, 2.45) is 0 Å². The van der Waals surface area contributed by atoms with Gasteiger partial charge < -0.3 is 0 Å². The first-order valence-corrected chi connectivity index (χ1v) is 2.40. The van der Waals surface area contributed by atoms with E-state index < -0.39 is 34.2 Å². The van der Waals surface area contributed by atoms with Crippen molar-refractivity contribution in [2.45, 2.75) is 0 Å². The van der Waals surface area contributed by atoms with Gasteiger partial charge in [-0.1, -0.05) is 26.9 Å². The molecule has 0 N–H and O–H groups in total. The largest absolute Gasteiger partial charge is 0.274 e. The van der Waals surface area contributed by atoms with E-state index in [0.29, 0.717) is 0 Å². The molecule has 0 saturated heterocycles. The van der Waals surface area contributed by atoms with Gasteiger partial charge in [-0.2, -0.15) is 0 Å². The topological polar surface area (TPSA) is 47.1 Å². The minimum atomic E-state index is -1.98. The Bertz CT molecular complexity index is 161. The summed E-state index contributed by atoms with van der Waals surface area (Å²) in [6, 6.07) is 0. The number of hydrogen-bond donors (Lipinski definition) is 0. The van der Waals surface area contributed by atoms with Crippen LogP contribution in [-0.4, -0.2) is 85.6 Å². The van der Waals surface area contributed by atoms with Crippen LogP contribution in [0.3, 0.4) is 0 Å². The predicted octanol–water partition coefficient (Wildman–Crippen LogP) is 0.247. The Balaban J connectivity index is -0.0000000800. The van der Waals surface area contributed by atoms with E-state index in [0.717, 1.165) is 0 Å². The molecule has 0 aliphatic carbocycles. The van der Waals surface area contributed by atoms with Crippen molar-refractivity contribution in [3.8, 4) is 0 Å². The Kier molecular flexibility index (Phi) is 25.0. The summed E-state index contributed by atoms with van der Waals surface area (Å²) in [5.74, 6) is 0. The number of hydrogen-bond acceptors (Lipinski definition) is 4. The standard InChI is InChI=1S/2CHF3N2O.K.Ru/c2*2-5(1-7)6(3)4;;/h2*1H;;. The molecule has 0 atom stereocenters. The summed E-state index contributed by atoms with van der Waals surface area (Å²) >= 11 is 0. The average Bonchev–Trinajstić information content (AvgIpc) is 2.15. The molecule has 0 aromatic rings. The molecule has 0 saturated carbocycles. The summed E-state index contributed by atoms with van der Waals surface area (Å²) in [6.45, 7) is 0. The van der Waals surface area contributed by atoms with Crippen molar-refractivity contribution < 1.29 is 56.0 Å². The zero-order valence-electron chi connectivity index (χ0n) is 7.38. The molecular weight excluding hydrogens is 366 g/mol. The van der Waals surface area contributed by atoms with Crippen LogP contribution in [0.5, 0.6) is 0 Å². The van der Waals surface area contributed by atoms with Crippen LogP contribution in [0.15, 0.2) is 0 Å². The Labute approximate surface area is 140 Å². The number of hydrazine groups is 2. The molecule has 0 aliphatic rings. The summed E-state index contributed by atoms with van der Waals surface area (Å²) in [5, 5.41) is -2.78. The minimum Gasteiger partial charge on any atom is -0.274 e. The van der Waals surface area contributed by atoms with Gasteiger partial charge in [-0.15, -0.1) is 0 Å². The maximum atomic E-state index is 10.9. The molecule has 0 bridgehead atoms. The maximum Gasteiger partial charge on any atom is 0.259 e. The van der Waals surface area contributed by atoms with Crippen molar-refractivity contribution in [1.29, 1.82) is 0 Å². The molecule has 0 spiro atoms. The van der Waals surface area contributed by atoms with Gasteiger partial charge in [-0.3, -0.25) is 9.59 Å². The van der Waals surface area contributed by atoms with E-state index in [-0.39, 0.29) is 70.9 Å². The molecule has 6 nitrogen and oxygen atoms in total. The molecule has 0 unspecified atom stereocenters. The fraction of sp³-hybridized carbons (Fsp3) is 0. The smallest absolute Gasteiger partial charge is 0.259 e. The molecule has 1 radical (unpaired) electrons. The number of carbonyl (C=O) groups is 2. The monoisotopic (exact) mass is 369 g/mol. The Morgan fingerprint density at radius 1 is 0.688 bits per heavy atom. The fourth-order valence-corrected chi connectivity index (χ4v) is 0.0713. The molecule has 0 aliphatic heterocycles. The molecule has 16 heavy (non-hydrogen) atoms. The average molecular weight is 368 g/mol. The molecule has 0 fully saturated rings. The van der Waals surface area contributed by atoms with E-state index in [9.17, 15) is 26.9 Å². The zero-order chi connectivity index (χ0) is 11.7. The van der Waals surface area contributed by atoms with E-state index in [1.165, 1.54) is 0 Å². The number of halogens is 6. The van der Waals surface area contributed by atoms with Gasteiger partial charge in [0.1, 0.15) is 0 Å². The normalized spacial score (nSPS) is 8.00. The zero-order valence-corrected chi connectivity index (χ0v) is 12.2. The van der Waals surface area contributed by atoms with Crippen molar-refractivity contribution in [3.05, 3.63) is 0 Å². The second-order valence-electron chi connectivity index (χ2n) is 1.22. The van der Waals surface area contributed by atoms with Crippen LogP contribution in [0, 0.1) is 0 Å². The van der Waals surface area contributed by atoms with Gasteiger partial charge in [0.05, 0.1) is 0 Å². The van der Waals surface area contributed by atoms with Gasteiger partial charge in [0.25, 0.3) is 12.8 Å². The molecule has 0 aromatic heterocycles. The molecular formula is C2H2F6KN4O2Ru. The first-order chi connectivity index (χ1) is 6.36. The molecule has 93 valence electrons. The summed E-state index contributed by atoms with van der Waals surface area (Å²) in [7, 11) is 0. The molecule has 2 amide bonds. The number of nitrogens with zero attached hydrogens (tertiary/aromatic N) is 4. The third-order valence-electron chi connectivity index (χ3n) is 0.463. The van der Waals surface area contributed by atoms with Crippen molar-refractivity contribution in [1.82, 2.24) is 21.4 Å². The number of amides is 2. The second kappa shape index (κ2) is 15.7. The Morgan fingerprint density at radius 3 is 0.875 bits per heavy atom. The van der Waals surface area contributed by atoms with Crippen LogP contribution in [0.4, 0.5) is 26.9 Å². The Morgan fingerprint density at radius 2 is 0.875 bits per heavy atom. The van der Waals surface area contributed by atoms with Crippen LogP contribution in [0.2, 0.25) is 0 Å². The molecule has 14 heteroatoms. The van der Waals surface area contributed by atoms with E-state index in [4.69, 9.17) is 9.59 Å². The fourth-order valence-electron chi connectivity index (χ4n) is 0.0713. The Hall–Kier alpha value is 0.700. The van der Waals surface area contributed by atoms with E-state index >= 15 is 0 Å². The molecule has 0 aromatic carbocycles. The third-order valence-corrected chi connectivity index (χ3v) is 0.463.